The third-order valence-corrected chi connectivity index (χ3v) is 6.08. The van der Waals surface area contributed by atoms with E-state index in [-0.39, 0.29) is 0 Å². The maximum atomic E-state index is 5.54. The van der Waals surface area contributed by atoms with Gasteiger partial charge in [-0.15, -0.1) is 5.10 Å². The van der Waals surface area contributed by atoms with Crippen LogP contribution in [0.4, 0.5) is 10.8 Å². The van der Waals surface area contributed by atoms with E-state index >= 15 is 0 Å². The molecule has 1 aliphatic heterocycles. The van der Waals surface area contributed by atoms with Gasteiger partial charge in [0.25, 0.3) is 0 Å². The lowest BCUT2D eigenvalue weighted by Gasteiger charge is -2.23. The van der Waals surface area contributed by atoms with Crippen LogP contribution in [0, 0.1) is 3.95 Å². The molecule has 1 aliphatic rings. The number of benzene rings is 2. The average molecular weight is 412 g/mol. The molecule has 5 nitrogen and oxygen atoms in total. The molecule has 4 rings (SSSR count). The minimum atomic E-state index is 0.779. The minimum absolute atomic E-state index is 0.779. The largest absolute Gasteiger partial charge is 0.495 e. The quantitative estimate of drug-likeness (QED) is 0.606. The molecule has 1 aromatic heterocycles. The van der Waals surface area contributed by atoms with Crippen molar-refractivity contribution in [3.05, 3.63) is 70.2 Å². The molecule has 0 bridgehead atoms. The molecule has 0 spiro atoms. The van der Waals surface area contributed by atoms with Crippen LogP contribution in [0.3, 0.4) is 0 Å². The van der Waals surface area contributed by atoms with Crippen LogP contribution in [-0.2, 0) is 6.67 Å². The Balaban J connectivity index is 1.42. The van der Waals surface area contributed by atoms with E-state index in [0.29, 0.717) is 0 Å². The lowest BCUT2D eigenvalue weighted by Crippen LogP contribution is -3.11. The number of hydrogen-bond acceptors (Lipinski definition) is 5. The molecule has 7 heteroatoms. The van der Waals surface area contributed by atoms with Crippen LogP contribution in [0.15, 0.2) is 60.7 Å². The molecule has 2 N–H and O–H groups in total. The highest BCUT2D eigenvalue weighted by Gasteiger charge is 2.17. The summed E-state index contributed by atoms with van der Waals surface area (Å²) < 4.78 is 8.10. The molecule has 0 saturated heterocycles. The van der Waals surface area contributed by atoms with E-state index < -0.39 is 0 Å². The van der Waals surface area contributed by atoms with Gasteiger partial charge in [-0.2, -0.15) is 4.68 Å². The topological polar surface area (TPSA) is 43.5 Å². The second-order valence-electron chi connectivity index (χ2n) is 6.71. The third-order valence-electron chi connectivity index (χ3n) is 4.86. The molecule has 0 amide bonds. The van der Waals surface area contributed by atoms with Crippen LogP contribution in [0.1, 0.15) is 12.0 Å². The van der Waals surface area contributed by atoms with E-state index in [4.69, 9.17) is 17.0 Å². The zero-order chi connectivity index (χ0) is 19.3. The van der Waals surface area contributed by atoms with E-state index in [2.05, 4.69) is 46.8 Å². The van der Waals surface area contributed by atoms with Gasteiger partial charge in [0.2, 0.25) is 5.13 Å². The van der Waals surface area contributed by atoms with Gasteiger partial charge < -0.3 is 15.0 Å². The zero-order valence-electron chi connectivity index (χ0n) is 15.7. The highest BCUT2D eigenvalue weighted by atomic mass is 32.1. The van der Waals surface area contributed by atoms with Gasteiger partial charge in [-0.05, 0) is 41.6 Å². The highest BCUT2D eigenvalue weighted by molar-refractivity contribution is 7.73. The van der Waals surface area contributed by atoms with Crippen molar-refractivity contribution in [3.8, 4) is 5.75 Å². The molecule has 144 valence electrons. The smallest absolute Gasteiger partial charge is 0.209 e. The molecule has 3 aromatic rings. The molecule has 28 heavy (non-hydrogen) atoms. The van der Waals surface area contributed by atoms with Gasteiger partial charge in [0, 0.05) is 6.42 Å². The number of aromatic nitrogens is 2. The zero-order valence-corrected chi connectivity index (χ0v) is 17.4. The van der Waals surface area contributed by atoms with Crippen LogP contribution in [-0.4, -0.2) is 30.0 Å². The van der Waals surface area contributed by atoms with Gasteiger partial charge >= 0.3 is 0 Å². The van der Waals surface area contributed by atoms with Crippen molar-refractivity contribution in [3.63, 3.8) is 0 Å². The number of rotatable bonds is 6. The Morgan fingerprint density at radius 2 is 1.96 bits per heavy atom. The van der Waals surface area contributed by atoms with Crippen molar-refractivity contribution in [2.24, 2.45) is 0 Å². The number of ether oxygens (including phenoxy) is 1. The maximum Gasteiger partial charge on any atom is 0.209 e. The summed E-state index contributed by atoms with van der Waals surface area (Å²) in [5.41, 5.74) is 3.65. The van der Waals surface area contributed by atoms with Crippen molar-refractivity contribution >= 4 is 39.9 Å². The summed E-state index contributed by atoms with van der Waals surface area (Å²) in [6, 6.07) is 18.4. The fourth-order valence-corrected chi connectivity index (χ4v) is 4.39. The Morgan fingerprint density at radius 3 is 2.71 bits per heavy atom. The molecule has 0 fully saturated rings. The average Bonchev–Trinajstić information content (AvgIpc) is 3.08. The summed E-state index contributed by atoms with van der Waals surface area (Å²) in [5, 5.41) is 8.78. The van der Waals surface area contributed by atoms with Gasteiger partial charge in [0.15, 0.2) is 10.6 Å². The minimum Gasteiger partial charge on any atom is -0.495 e. The van der Waals surface area contributed by atoms with Crippen molar-refractivity contribution in [1.29, 1.82) is 0 Å². The lowest BCUT2D eigenvalue weighted by atomic mass is 10.00. The van der Waals surface area contributed by atoms with E-state index in [0.717, 1.165) is 46.7 Å². The molecular weight excluding hydrogens is 388 g/mol. The van der Waals surface area contributed by atoms with E-state index in [1.54, 1.807) is 7.11 Å². The maximum absolute atomic E-state index is 5.54. The first-order valence-electron chi connectivity index (χ1n) is 9.29. The molecule has 2 aromatic carbocycles. The predicted octanol–water partition coefficient (Wildman–Crippen LogP) is 3.76. The van der Waals surface area contributed by atoms with Crippen molar-refractivity contribution in [2.75, 3.05) is 25.5 Å². The van der Waals surface area contributed by atoms with Crippen LogP contribution in [0.5, 0.6) is 5.75 Å². The summed E-state index contributed by atoms with van der Waals surface area (Å²) in [5.74, 6) is 0.787. The van der Waals surface area contributed by atoms with Crippen LogP contribution >= 0.6 is 23.6 Å². The molecule has 1 atom stereocenters. The number of para-hydroxylation sites is 2. The second kappa shape index (κ2) is 8.68. The monoisotopic (exact) mass is 411 g/mol. The number of anilines is 2. The van der Waals surface area contributed by atoms with Crippen molar-refractivity contribution in [2.45, 2.75) is 13.1 Å². The number of nitrogens with zero attached hydrogens (tertiary/aromatic N) is 2. The van der Waals surface area contributed by atoms with Gasteiger partial charge in [0.05, 0.1) is 25.9 Å². The van der Waals surface area contributed by atoms with E-state index in [1.807, 2.05) is 28.9 Å². The Hall–Kier alpha value is -2.48. The predicted molar refractivity (Wildman–Crippen MR) is 117 cm³/mol. The first kappa shape index (κ1) is 18.9. The molecule has 0 saturated carbocycles. The standard InChI is InChI=1S/C21H22N4OS2/c1-26-19-10-6-5-9-18(19)22-20-23-25(21(27)28-20)15-24-13-11-17(12-14-24)16-7-3-2-4-8-16/h2-11H,12-15H2,1H3,(H,22,23)/p+1. The Labute approximate surface area is 173 Å². The summed E-state index contributed by atoms with van der Waals surface area (Å²) in [6.07, 6.45) is 3.42. The normalized spacial score (nSPS) is 16.5. The highest BCUT2D eigenvalue weighted by Crippen LogP contribution is 2.28. The Bertz CT molecular complexity index is 1030. The molecule has 2 heterocycles. The Morgan fingerprint density at radius 1 is 1.18 bits per heavy atom. The number of nitrogens with one attached hydrogen (secondary N) is 2. The number of hydrogen-bond donors (Lipinski definition) is 2. The van der Waals surface area contributed by atoms with Gasteiger partial charge in [-0.25, -0.2) is 0 Å². The van der Waals surface area contributed by atoms with Gasteiger partial charge in [-0.3, -0.25) is 0 Å². The first-order chi connectivity index (χ1) is 13.7. The fourth-order valence-electron chi connectivity index (χ4n) is 3.37. The first-order valence-corrected chi connectivity index (χ1v) is 10.5. The molecule has 1 unspecified atom stereocenters. The summed E-state index contributed by atoms with van der Waals surface area (Å²) in [4.78, 5) is 1.46. The second-order valence-corrected chi connectivity index (χ2v) is 8.33. The van der Waals surface area contributed by atoms with Crippen LogP contribution < -0.4 is 15.0 Å². The van der Waals surface area contributed by atoms with Gasteiger partial charge in [0.1, 0.15) is 5.75 Å². The fraction of sp³-hybridized carbons (Fsp3) is 0.238. The molecular formula is C21H23N4OS2+. The van der Waals surface area contributed by atoms with Crippen LogP contribution in [0.2, 0.25) is 0 Å². The molecule has 0 radical (unpaired) electrons. The van der Waals surface area contributed by atoms with E-state index in [9.17, 15) is 0 Å². The van der Waals surface area contributed by atoms with Gasteiger partial charge in [-0.1, -0.05) is 53.8 Å². The lowest BCUT2D eigenvalue weighted by molar-refractivity contribution is -0.918. The third kappa shape index (κ3) is 4.32. The molecule has 0 aliphatic carbocycles. The Kier molecular flexibility index (Phi) is 5.85. The number of methoxy groups -OCH3 is 1. The van der Waals surface area contributed by atoms with Crippen molar-refractivity contribution in [1.82, 2.24) is 9.78 Å². The summed E-state index contributed by atoms with van der Waals surface area (Å²) in [6.45, 7) is 2.84. The van der Waals surface area contributed by atoms with Crippen LogP contribution in [0.25, 0.3) is 5.57 Å². The number of quaternary nitrogens is 1. The summed E-state index contributed by atoms with van der Waals surface area (Å²) >= 11 is 7.02. The van der Waals surface area contributed by atoms with Crippen molar-refractivity contribution < 1.29 is 9.64 Å². The van der Waals surface area contributed by atoms with E-state index in [1.165, 1.54) is 27.4 Å². The SMILES string of the molecule is COc1ccccc1Nc1nn(C[NH+]2CC=C(c3ccccc3)CC2)c(=S)s1. The summed E-state index contributed by atoms with van der Waals surface area (Å²) in [7, 11) is 1.66.